The monoisotopic (exact) mass is 446 g/mol. The molecule has 3 aromatic carbocycles. The van der Waals surface area contributed by atoms with E-state index in [0.717, 1.165) is 36.3 Å². The van der Waals surface area contributed by atoms with Crippen LogP contribution < -0.4 is 14.8 Å². The highest BCUT2D eigenvalue weighted by atomic mass is 16.6. The zero-order valence-corrected chi connectivity index (χ0v) is 19.1. The zero-order chi connectivity index (χ0) is 23.3. The van der Waals surface area contributed by atoms with Gasteiger partial charge in [-0.05, 0) is 55.6 Å². The van der Waals surface area contributed by atoms with Gasteiger partial charge in [0.05, 0.1) is 10.3 Å². The topological polar surface area (TPSA) is 73.6 Å². The second kappa shape index (κ2) is 10.0. The zero-order valence-electron chi connectivity index (χ0n) is 19.1. The summed E-state index contributed by atoms with van der Waals surface area (Å²) in [6.45, 7) is 5.74. The summed E-state index contributed by atoms with van der Waals surface area (Å²) in [4.78, 5) is 10.7. The van der Waals surface area contributed by atoms with Crippen molar-refractivity contribution in [2.24, 2.45) is 0 Å². The van der Waals surface area contributed by atoms with Gasteiger partial charge in [0, 0.05) is 18.7 Å². The van der Waals surface area contributed by atoms with E-state index in [1.54, 1.807) is 12.1 Å². The molecule has 0 spiro atoms. The highest BCUT2D eigenvalue weighted by Gasteiger charge is 2.51. The number of benzene rings is 3. The molecule has 6 heteroatoms. The summed E-state index contributed by atoms with van der Waals surface area (Å²) in [6, 6.07) is 24.8. The third-order valence-corrected chi connectivity index (χ3v) is 6.52. The lowest BCUT2D eigenvalue weighted by Crippen LogP contribution is -2.62. The van der Waals surface area contributed by atoms with Crippen LogP contribution in [0.4, 0.5) is 5.69 Å². The van der Waals surface area contributed by atoms with Gasteiger partial charge in [-0.25, -0.2) is 0 Å². The number of rotatable bonds is 8. The minimum absolute atomic E-state index is 0.0493. The molecule has 1 aliphatic rings. The summed E-state index contributed by atoms with van der Waals surface area (Å²) in [6.07, 6.45) is 1.28. The summed E-state index contributed by atoms with van der Waals surface area (Å²) >= 11 is 0. The van der Waals surface area contributed by atoms with E-state index < -0.39 is 10.3 Å². The largest absolute Gasteiger partial charge is 0.489 e. The molecule has 4 rings (SSSR count). The van der Waals surface area contributed by atoms with Crippen LogP contribution in [0.3, 0.4) is 0 Å². The normalized spacial score (nSPS) is 21.2. The molecule has 33 heavy (non-hydrogen) atoms. The Balaban J connectivity index is 1.74. The van der Waals surface area contributed by atoms with Gasteiger partial charge in [0.15, 0.2) is 0 Å². The van der Waals surface area contributed by atoms with Crippen LogP contribution in [-0.2, 0) is 5.41 Å². The van der Waals surface area contributed by atoms with Gasteiger partial charge in [-0.3, -0.25) is 10.1 Å². The Labute approximate surface area is 194 Å². The van der Waals surface area contributed by atoms with Crippen LogP contribution in [0.2, 0.25) is 0 Å². The smallest absolute Gasteiger partial charge is 0.269 e. The Hall–Kier alpha value is -3.38. The molecular weight excluding hydrogens is 416 g/mol. The number of nitrogens with zero attached hydrogens (tertiary/aromatic N) is 1. The van der Waals surface area contributed by atoms with Crippen molar-refractivity contribution in [1.29, 1.82) is 0 Å². The van der Waals surface area contributed by atoms with Gasteiger partial charge in [0.1, 0.15) is 23.7 Å². The number of nitro benzene ring substituents is 1. The van der Waals surface area contributed by atoms with E-state index in [4.69, 9.17) is 9.47 Å². The maximum Gasteiger partial charge on any atom is 0.269 e. The molecule has 172 valence electrons. The highest BCUT2D eigenvalue weighted by molar-refractivity contribution is 5.38. The summed E-state index contributed by atoms with van der Waals surface area (Å²) in [5.74, 6) is 1.50. The van der Waals surface area contributed by atoms with Crippen molar-refractivity contribution in [3.8, 4) is 11.5 Å². The third kappa shape index (κ3) is 4.71. The SMILES string of the molecule is CCC(Oc1ccc([N+](=O)[O-])cc1)C1(c2ccccc2)CNCCC1Oc1ccccc1C. The average molecular weight is 447 g/mol. The summed E-state index contributed by atoms with van der Waals surface area (Å²) < 4.78 is 13.3. The summed E-state index contributed by atoms with van der Waals surface area (Å²) in [5.41, 5.74) is 1.86. The summed E-state index contributed by atoms with van der Waals surface area (Å²) in [7, 11) is 0. The maximum absolute atomic E-state index is 11.1. The number of para-hydroxylation sites is 1. The van der Waals surface area contributed by atoms with Crippen molar-refractivity contribution in [3.63, 3.8) is 0 Å². The number of nitro groups is 1. The van der Waals surface area contributed by atoms with Gasteiger partial charge in [-0.1, -0.05) is 55.5 Å². The number of nitrogens with one attached hydrogen (secondary N) is 1. The first kappa shape index (κ1) is 22.8. The average Bonchev–Trinajstić information content (AvgIpc) is 2.85. The Kier molecular flexibility index (Phi) is 6.94. The molecule has 3 aromatic rings. The van der Waals surface area contributed by atoms with Crippen LogP contribution >= 0.6 is 0 Å². The van der Waals surface area contributed by atoms with E-state index in [0.29, 0.717) is 12.3 Å². The molecule has 1 N–H and O–H groups in total. The molecule has 0 radical (unpaired) electrons. The minimum atomic E-state index is -0.446. The van der Waals surface area contributed by atoms with Gasteiger partial charge in [0.2, 0.25) is 0 Å². The second-order valence-electron chi connectivity index (χ2n) is 8.51. The molecule has 0 bridgehead atoms. The van der Waals surface area contributed by atoms with E-state index in [1.165, 1.54) is 12.1 Å². The van der Waals surface area contributed by atoms with Gasteiger partial charge in [-0.2, -0.15) is 0 Å². The maximum atomic E-state index is 11.1. The molecule has 6 nitrogen and oxygen atoms in total. The first-order chi connectivity index (χ1) is 16.0. The fourth-order valence-electron chi connectivity index (χ4n) is 4.81. The highest BCUT2D eigenvalue weighted by Crippen LogP contribution is 2.41. The molecule has 0 amide bonds. The second-order valence-corrected chi connectivity index (χ2v) is 8.51. The first-order valence-electron chi connectivity index (χ1n) is 11.4. The lowest BCUT2D eigenvalue weighted by molar-refractivity contribution is -0.384. The molecule has 3 unspecified atom stereocenters. The van der Waals surface area contributed by atoms with Crippen molar-refractivity contribution >= 4 is 5.69 Å². The summed E-state index contributed by atoms with van der Waals surface area (Å²) in [5, 5.41) is 14.6. The van der Waals surface area contributed by atoms with E-state index in [9.17, 15) is 10.1 Å². The third-order valence-electron chi connectivity index (χ3n) is 6.52. The fraction of sp³-hybridized carbons (Fsp3) is 0.333. The van der Waals surface area contributed by atoms with Gasteiger partial charge in [0.25, 0.3) is 5.69 Å². The van der Waals surface area contributed by atoms with Crippen LogP contribution in [0.15, 0.2) is 78.9 Å². The predicted octanol–water partition coefficient (Wildman–Crippen LogP) is 5.44. The van der Waals surface area contributed by atoms with Crippen molar-refractivity contribution in [3.05, 3.63) is 100 Å². The van der Waals surface area contributed by atoms with Gasteiger partial charge < -0.3 is 14.8 Å². The first-order valence-corrected chi connectivity index (χ1v) is 11.4. The molecule has 0 saturated carbocycles. The standard InChI is InChI=1S/C27H30N2O4/c1-3-25(32-23-15-13-22(14-16-23)29(30)31)27(21-10-5-4-6-11-21)19-28-18-17-26(27)33-24-12-8-7-9-20(24)2/h4-16,25-26,28H,3,17-19H2,1-2H3. The van der Waals surface area contributed by atoms with E-state index in [-0.39, 0.29) is 17.9 Å². The Morgan fingerprint density at radius 3 is 2.42 bits per heavy atom. The van der Waals surface area contributed by atoms with Crippen LogP contribution in [0, 0.1) is 17.0 Å². The number of piperidine rings is 1. The van der Waals surface area contributed by atoms with E-state index in [1.807, 2.05) is 24.3 Å². The van der Waals surface area contributed by atoms with Gasteiger partial charge in [-0.15, -0.1) is 0 Å². The quantitative estimate of drug-likeness (QED) is 0.368. The molecule has 1 fully saturated rings. The van der Waals surface area contributed by atoms with Gasteiger partial charge >= 0.3 is 0 Å². The number of aryl methyl sites for hydroxylation is 1. The molecular formula is C27H30N2O4. The Morgan fingerprint density at radius 1 is 1.06 bits per heavy atom. The minimum Gasteiger partial charge on any atom is -0.489 e. The van der Waals surface area contributed by atoms with Crippen molar-refractivity contribution in [1.82, 2.24) is 5.32 Å². The molecule has 0 aromatic heterocycles. The van der Waals surface area contributed by atoms with E-state index >= 15 is 0 Å². The lowest BCUT2D eigenvalue weighted by Gasteiger charge is -2.48. The Morgan fingerprint density at radius 2 is 1.76 bits per heavy atom. The van der Waals surface area contributed by atoms with Crippen LogP contribution in [0.1, 0.15) is 30.9 Å². The van der Waals surface area contributed by atoms with Crippen LogP contribution in [0.5, 0.6) is 11.5 Å². The van der Waals surface area contributed by atoms with E-state index in [2.05, 4.69) is 49.5 Å². The van der Waals surface area contributed by atoms with Crippen LogP contribution in [0.25, 0.3) is 0 Å². The molecule has 1 heterocycles. The van der Waals surface area contributed by atoms with Crippen molar-refractivity contribution in [2.45, 2.75) is 44.3 Å². The molecule has 1 saturated heterocycles. The number of hydrogen-bond donors (Lipinski definition) is 1. The number of non-ortho nitro benzene ring substituents is 1. The Bertz CT molecular complexity index is 1070. The van der Waals surface area contributed by atoms with Crippen LogP contribution in [-0.4, -0.2) is 30.2 Å². The predicted molar refractivity (Wildman–Crippen MR) is 129 cm³/mol. The molecule has 3 atom stereocenters. The number of ether oxygens (including phenoxy) is 2. The molecule has 1 aliphatic heterocycles. The fourth-order valence-corrected chi connectivity index (χ4v) is 4.81. The lowest BCUT2D eigenvalue weighted by atomic mass is 9.67. The van der Waals surface area contributed by atoms with Crippen molar-refractivity contribution < 1.29 is 14.4 Å². The van der Waals surface area contributed by atoms with Crippen molar-refractivity contribution in [2.75, 3.05) is 13.1 Å². The number of hydrogen-bond acceptors (Lipinski definition) is 5. The molecule has 0 aliphatic carbocycles.